The lowest BCUT2D eigenvalue weighted by Crippen LogP contribution is -2.16. The van der Waals surface area contributed by atoms with Crippen LogP contribution in [-0.4, -0.2) is 14.3 Å². The van der Waals surface area contributed by atoms with Gasteiger partial charge in [-0.2, -0.15) is 0 Å². The number of sulfonamides is 1. The Morgan fingerprint density at radius 2 is 1.43 bits per heavy atom. The van der Waals surface area contributed by atoms with E-state index in [0.717, 1.165) is 22.3 Å². The number of rotatable bonds is 5. The third-order valence-electron chi connectivity index (χ3n) is 4.71. The number of halogens is 1. The van der Waals surface area contributed by atoms with Crippen molar-refractivity contribution in [3.63, 3.8) is 0 Å². The molecule has 0 saturated carbocycles. The van der Waals surface area contributed by atoms with Gasteiger partial charge in [0, 0.05) is 11.4 Å². The van der Waals surface area contributed by atoms with Crippen LogP contribution in [0.15, 0.2) is 59.5 Å². The maximum atomic E-state index is 12.9. The van der Waals surface area contributed by atoms with Gasteiger partial charge in [0.1, 0.15) is 0 Å². The predicted octanol–water partition coefficient (Wildman–Crippen LogP) is 5.63. The fraction of sp³-hybridized carbons (Fsp3) is 0.174. The summed E-state index contributed by atoms with van der Waals surface area (Å²) in [6.45, 7) is 7.71. The number of aryl methyl sites for hydroxylation is 4. The van der Waals surface area contributed by atoms with Crippen LogP contribution >= 0.6 is 11.6 Å². The van der Waals surface area contributed by atoms with Crippen molar-refractivity contribution in [2.45, 2.75) is 32.6 Å². The number of carbonyl (C=O) groups is 1. The van der Waals surface area contributed by atoms with Gasteiger partial charge < -0.3 is 5.32 Å². The molecule has 0 aliphatic carbocycles. The predicted molar refractivity (Wildman–Crippen MR) is 122 cm³/mol. The van der Waals surface area contributed by atoms with E-state index in [-0.39, 0.29) is 21.2 Å². The van der Waals surface area contributed by atoms with Crippen molar-refractivity contribution >= 4 is 38.9 Å². The third-order valence-corrected chi connectivity index (χ3v) is 6.44. The van der Waals surface area contributed by atoms with E-state index in [4.69, 9.17) is 11.6 Å². The molecule has 0 radical (unpaired) electrons. The summed E-state index contributed by atoms with van der Waals surface area (Å²) in [5, 5.41) is 3.12. The highest BCUT2D eigenvalue weighted by atomic mass is 35.5. The summed E-state index contributed by atoms with van der Waals surface area (Å²) in [6.07, 6.45) is 0. The standard InChI is InChI=1S/C23H23ClN2O3S/c1-14-5-8-19(9-6-14)30(28,29)26-18-7-10-21(24)20(13-18)23(27)25-22-16(3)11-15(2)12-17(22)4/h5-13,26H,1-4H3,(H,25,27). The van der Waals surface area contributed by atoms with Crippen LogP contribution in [0.5, 0.6) is 0 Å². The molecule has 156 valence electrons. The highest BCUT2D eigenvalue weighted by molar-refractivity contribution is 7.92. The van der Waals surface area contributed by atoms with Crippen LogP contribution < -0.4 is 10.0 Å². The Balaban J connectivity index is 1.88. The fourth-order valence-electron chi connectivity index (χ4n) is 3.25. The summed E-state index contributed by atoms with van der Waals surface area (Å²) in [4.78, 5) is 13.0. The molecule has 2 N–H and O–H groups in total. The Bertz CT molecular complexity index is 1200. The van der Waals surface area contributed by atoms with Gasteiger partial charge in [-0.1, -0.05) is 47.0 Å². The Morgan fingerprint density at radius 1 is 0.833 bits per heavy atom. The van der Waals surface area contributed by atoms with Crippen molar-refractivity contribution in [3.8, 4) is 0 Å². The molecule has 0 aliphatic heterocycles. The van der Waals surface area contributed by atoms with Crippen LogP contribution in [-0.2, 0) is 10.0 Å². The molecule has 7 heteroatoms. The molecule has 5 nitrogen and oxygen atoms in total. The van der Waals surface area contributed by atoms with E-state index in [1.165, 1.54) is 30.3 Å². The van der Waals surface area contributed by atoms with Gasteiger partial charge in [0.2, 0.25) is 0 Å². The smallest absolute Gasteiger partial charge is 0.261 e. The number of nitrogens with one attached hydrogen (secondary N) is 2. The van der Waals surface area contributed by atoms with Crippen molar-refractivity contribution in [2.24, 2.45) is 0 Å². The Kier molecular flexibility index (Phi) is 6.19. The fourth-order valence-corrected chi connectivity index (χ4v) is 4.51. The number of amides is 1. The summed E-state index contributed by atoms with van der Waals surface area (Å²) in [5.41, 5.74) is 5.09. The van der Waals surface area contributed by atoms with E-state index in [2.05, 4.69) is 10.0 Å². The van der Waals surface area contributed by atoms with E-state index in [0.29, 0.717) is 5.69 Å². The molecule has 30 heavy (non-hydrogen) atoms. The van der Waals surface area contributed by atoms with Crippen molar-refractivity contribution in [1.82, 2.24) is 0 Å². The number of carbonyl (C=O) groups excluding carboxylic acids is 1. The summed E-state index contributed by atoms with van der Waals surface area (Å²) in [7, 11) is -3.79. The Labute approximate surface area is 182 Å². The number of hydrogen-bond donors (Lipinski definition) is 2. The second-order valence-corrected chi connectivity index (χ2v) is 9.43. The highest BCUT2D eigenvalue weighted by Gasteiger charge is 2.18. The highest BCUT2D eigenvalue weighted by Crippen LogP contribution is 2.27. The first-order valence-corrected chi connectivity index (χ1v) is 11.2. The van der Waals surface area contributed by atoms with Gasteiger partial charge in [0.15, 0.2) is 0 Å². The first-order valence-electron chi connectivity index (χ1n) is 9.35. The van der Waals surface area contributed by atoms with Crippen molar-refractivity contribution < 1.29 is 13.2 Å². The average Bonchev–Trinajstić information content (AvgIpc) is 2.66. The second kappa shape index (κ2) is 8.50. The van der Waals surface area contributed by atoms with Gasteiger partial charge >= 0.3 is 0 Å². The first kappa shape index (κ1) is 21.9. The molecular formula is C23H23ClN2O3S. The van der Waals surface area contributed by atoms with Crippen molar-refractivity contribution in [3.05, 3.63) is 87.4 Å². The lowest BCUT2D eigenvalue weighted by Gasteiger charge is -2.14. The normalized spacial score (nSPS) is 11.2. The van der Waals surface area contributed by atoms with Gasteiger partial charge in [-0.05, 0) is 69.2 Å². The number of anilines is 2. The maximum absolute atomic E-state index is 12.9. The van der Waals surface area contributed by atoms with Gasteiger partial charge in [0.25, 0.3) is 15.9 Å². The average molecular weight is 443 g/mol. The largest absolute Gasteiger partial charge is 0.321 e. The number of benzene rings is 3. The lowest BCUT2D eigenvalue weighted by molar-refractivity contribution is 0.102. The molecule has 0 heterocycles. The molecular weight excluding hydrogens is 420 g/mol. The summed E-state index contributed by atoms with van der Waals surface area (Å²) >= 11 is 6.23. The second-order valence-electron chi connectivity index (χ2n) is 7.34. The molecule has 0 saturated heterocycles. The zero-order valence-corrected chi connectivity index (χ0v) is 18.8. The SMILES string of the molecule is Cc1ccc(S(=O)(=O)Nc2ccc(Cl)c(C(=O)Nc3c(C)cc(C)cc3C)c2)cc1. The van der Waals surface area contributed by atoms with Gasteiger partial charge in [0.05, 0.1) is 15.5 Å². The molecule has 0 aliphatic rings. The molecule has 0 fully saturated rings. The van der Waals surface area contributed by atoms with Crippen LogP contribution in [0.25, 0.3) is 0 Å². The van der Waals surface area contributed by atoms with Crippen LogP contribution in [0.2, 0.25) is 5.02 Å². The summed E-state index contributed by atoms with van der Waals surface area (Å²) in [5.74, 6) is -0.411. The topological polar surface area (TPSA) is 75.3 Å². The van der Waals surface area contributed by atoms with E-state index in [9.17, 15) is 13.2 Å². The first-order chi connectivity index (χ1) is 14.1. The van der Waals surface area contributed by atoms with Crippen LogP contribution in [0.3, 0.4) is 0 Å². The molecule has 3 aromatic rings. The maximum Gasteiger partial charge on any atom is 0.261 e. The minimum absolute atomic E-state index is 0.139. The Morgan fingerprint density at radius 3 is 2.03 bits per heavy atom. The van der Waals surface area contributed by atoms with E-state index in [1.807, 2.05) is 39.8 Å². The Hall–Kier alpha value is -2.83. The zero-order valence-electron chi connectivity index (χ0n) is 17.2. The molecule has 1 amide bonds. The summed E-state index contributed by atoms with van der Waals surface area (Å²) < 4.78 is 27.8. The molecule has 0 spiro atoms. The quantitative estimate of drug-likeness (QED) is 0.537. The number of hydrogen-bond acceptors (Lipinski definition) is 3. The van der Waals surface area contributed by atoms with Crippen LogP contribution in [0, 0.1) is 27.7 Å². The van der Waals surface area contributed by atoms with Gasteiger partial charge in [-0.3, -0.25) is 9.52 Å². The minimum atomic E-state index is -3.79. The monoisotopic (exact) mass is 442 g/mol. The molecule has 0 atom stereocenters. The molecule has 3 rings (SSSR count). The third kappa shape index (κ3) is 4.83. The molecule has 0 aromatic heterocycles. The van der Waals surface area contributed by atoms with Crippen LogP contribution in [0.1, 0.15) is 32.6 Å². The lowest BCUT2D eigenvalue weighted by atomic mass is 10.0. The van der Waals surface area contributed by atoms with E-state index < -0.39 is 15.9 Å². The molecule has 0 bridgehead atoms. The molecule has 3 aromatic carbocycles. The van der Waals surface area contributed by atoms with Gasteiger partial charge in [-0.15, -0.1) is 0 Å². The van der Waals surface area contributed by atoms with Crippen molar-refractivity contribution in [2.75, 3.05) is 10.0 Å². The van der Waals surface area contributed by atoms with Crippen LogP contribution in [0.4, 0.5) is 11.4 Å². The van der Waals surface area contributed by atoms with E-state index in [1.54, 1.807) is 12.1 Å². The van der Waals surface area contributed by atoms with Crippen molar-refractivity contribution in [1.29, 1.82) is 0 Å². The van der Waals surface area contributed by atoms with E-state index >= 15 is 0 Å². The minimum Gasteiger partial charge on any atom is -0.321 e. The zero-order chi connectivity index (χ0) is 22.1. The summed E-state index contributed by atoms with van der Waals surface area (Å²) in [6, 6.07) is 14.9. The van der Waals surface area contributed by atoms with Gasteiger partial charge in [-0.25, -0.2) is 8.42 Å². The molecule has 0 unspecified atom stereocenters.